The fraction of sp³-hybridized carbons (Fsp3) is 0.211. The Morgan fingerprint density at radius 2 is 1.80 bits per heavy atom. The average Bonchev–Trinajstić information content (AvgIpc) is 3.03. The smallest absolute Gasteiger partial charge is 0.278 e. The summed E-state index contributed by atoms with van der Waals surface area (Å²) in [6.07, 6.45) is 0. The maximum Gasteiger partial charge on any atom is 0.278 e. The van der Waals surface area contributed by atoms with Crippen LogP contribution in [0.5, 0.6) is 0 Å². The maximum absolute atomic E-state index is 12.7. The first-order valence-electron chi connectivity index (χ1n) is 8.06. The van der Waals surface area contributed by atoms with Gasteiger partial charge in [0, 0.05) is 0 Å². The summed E-state index contributed by atoms with van der Waals surface area (Å²) in [5.41, 5.74) is 3.64. The number of nitrogens with one attached hydrogen (secondary N) is 1. The minimum atomic E-state index is -0.324. The number of carbonyl (C=O) groups is 1. The minimum absolute atomic E-state index is 0.0725. The molecule has 128 valence electrons. The molecule has 0 aliphatic carbocycles. The van der Waals surface area contributed by atoms with Crippen LogP contribution >= 0.6 is 11.6 Å². The molecule has 1 heterocycles. The summed E-state index contributed by atoms with van der Waals surface area (Å²) in [6, 6.07) is 15.0. The second kappa shape index (κ2) is 7.07. The molecule has 1 aromatic heterocycles. The first-order valence-corrected chi connectivity index (χ1v) is 8.43. The van der Waals surface area contributed by atoms with Crippen molar-refractivity contribution < 1.29 is 4.79 Å². The molecule has 0 aliphatic heterocycles. The fourth-order valence-electron chi connectivity index (χ4n) is 2.59. The molecule has 25 heavy (non-hydrogen) atoms. The van der Waals surface area contributed by atoms with Crippen molar-refractivity contribution in [2.24, 2.45) is 0 Å². The van der Waals surface area contributed by atoms with E-state index in [4.69, 9.17) is 11.6 Å². The Hall–Kier alpha value is -2.66. The number of benzene rings is 2. The molecule has 3 rings (SSSR count). The highest BCUT2D eigenvalue weighted by molar-refractivity contribution is 6.33. The maximum atomic E-state index is 12.7. The summed E-state index contributed by atoms with van der Waals surface area (Å²) >= 11 is 6.12. The summed E-state index contributed by atoms with van der Waals surface area (Å²) < 4.78 is 1.71. The lowest BCUT2D eigenvalue weighted by Crippen LogP contribution is -2.16. The molecule has 5 nitrogen and oxygen atoms in total. The van der Waals surface area contributed by atoms with Crippen LogP contribution in [0.25, 0.3) is 5.69 Å². The van der Waals surface area contributed by atoms with Crippen LogP contribution in [0.15, 0.2) is 48.5 Å². The van der Waals surface area contributed by atoms with E-state index in [9.17, 15) is 4.79 Å². The molecule has 2 aromatic carbocycles. The predicted octanol–water partition coefficient (Wildman–Crippen LogP) is 4.60. The van der Waals surface area contributed by atoms with Gasteiger partial charge in [0.1, 0.15) is 0 Å². The summed E-state index contributed by atoms with van der Waals surface area (Å²) in [5, 5.41) is 11.6. The third-order valence-electron chi connectivity index (χ3n) is 3.87. The number of anilines is 1. The standard InChI is InChI=1S/C19H19ClN4O/c1-12(2)18-17(19(25)21-16-7-5-4-6-15(16)20)22-23-24(18)14-10-8-13(3)9-11-14/h4-12H,1-3H3,(H,21,25). The number of aromatic nitrogens is 3. The lowest BCUT2D eigenvalue weighted by atomic mass is 10.1. The normalized spacial score (nSPS) is 10.9. The molecular weight excluding hydrogens is 336 g/mol. The van der Waals surface area contributed by atoms with E-state index in [1.54, 1.807) is 16.8 Å². The number of para-hydroxylation sites is 1. The molecule has 1 N–H and O–H groups in total. The molecule has 0 radical (unpaired) electrons. The first kappa shape index (κ1) is 17.2. The van der Waals surface area contributed by atoms with Crippen molar-refractivity contribution in [2.45, 2.75) is 26.7 Å². The Morgan fingerprint density at radius 1 is 1.12 bits per heavy atom. The lowest BCUT2D eigenvalue weighted by Gasteiger charge is -2.12. The summed E-state index contributed by atoms with van der Waals surface area (Å²) in [5.74, 6) is -0.251. The van der Waals surface area contributed by atoms with E-state index >= 15 is 0 Å². The van der Waals surface area contributed by atoms with Crippen molar-refractivity contribution in [3.8, 4) is 5.69 Å². The van der Waals surface area contributed by atoms with Crippen LogP contribution in [0.3, 0.4) is 0 Å². The van der Waals surface area contributed by atoms with Gasteiger partial charge in [-0.15, -0.1) is 5.10 Å². The van der Waals surface area contributed by atoms with Crippen molar-refractivity contribution in [3.63, 3.8) is 0 Å². The van der Waals surface area contributed by atoms with E-state index in [1.165, 1.54) is 0 Å². The van der Waals surface area contributed by atoms with Crippen molar-refractivity contribution in [2.75, 3.05) is 5.32 Å². The molecule has 3 aromatic rings. The third kappa shape index (κ3) is 3.56. The van der Waals surface area contributed by atoms with Crippen molar-refractivity contribution in [1.82, 2.24) is 15.0 Å². The van der Waals surface area contributed by atoms with Gasteiger partial charge in [0.25, 0.3) is 5.91 Å². The van der Waals surface area contributed by atoms with Crippen molar-refractivity contribution in [3.05, 3.63) is 70.5 Å². The molecular formula is C19H19ClN4O. The zero-order valence-corrected chi connectivity index (χ0v) is 15.1. The molecule has 0 saturated heterocycles. The second-order valence-electron chi connectivity index (χ2n) is 6.16. The van der Waals surface area contributed by atoms with Crippen LogP contribution in [0.2, 0.25) is 5.02 Å². The van der Waals surface area contributed by atoms with E-state index < -0.39 is 0 Å². The second-order valence-corrected chi connectivity index (χ2v) is 6.57. The number of rotatable bonds is 4. The molecule has 0 bridgehead atoms. The number of halogens is 1. The van der Waals surface area contributed by atoms with E-state index in [-0.39, 0.29) is 11.8 Å². The van der Waals surface area contributed by atoms with Crippen LogP contribution in [0.4, 0.5) is 5.69 Å². The van der Waals surface area contributed by atoms with E-state index in [0.717, 1.165) is 16.9 Å². The number of hydrogen-bond acceptors (Lipinski definition) is 3. The molecule has 0 fully saturated rings. The van der Waals surface area contributed by atoms with Gasteiger partial charge in [-0.05, 0) is 37.1 Å². The highest BCUT2D eigenvalue weighted by atomic mass is 35.5. The highest BCUT2D eigenvalue weighted by Crippen LogP contribution is 2.25. The lowest BCUT2D eigenvalue weighted by molar-refractivity contribution is 0.102. The number of hydrogen-bond donors (Lipinski definition) is 1. The van der Waals surface area contributed by atoms with Crippen LogP contribution in [-0.2, 0) is 0 Å². The van der Waals surface area contributed by atoms with E-state index in [0.29, 0.717) is 16.4 Å². The summed E-state index contributed by atoms with van der Waals surface area (Å²) in [7, 11) is 0. The van der Waals surface area contributed by atoms with Crippen molar-refractivity contribution >= 4 is 23.2 Å². The fourth-order valence-corrected chi connectivity index (χ4v) is 2.77. The van der Waals surface area contributed by atoms with Crippen LogP contribution in [-0.4, -0.2) is 20.9 Å². The number of aryl methyl sites for hydroxylation is 1. The zero-order valence-electron chi connectivity index (χ0n) is 14.3. The molecule has 0 saturated carbocycles. The molecule has 0 atom stereocenters. The molecule has 1 amide bonds. The Bertz CT molecular complexity index is 900. The summed E-state index contributed by atoms with van der Waals surface area (Å²) in [4.78, 5) is 12.7. The Kier molecular flexibility index (Phi) is 4.86. The molecule has 0 aliphatic rings. The number of carbonyl (C=O) groups excluding carboxylic acids is 1. The topological polar surface area (TPSA) is 59.8 Å². The average molecular weight is 355 g/mol. The molecule has 0 spiro atoms. The Balaban J connectivity index is 1.98. The molecule has 0 unspecified atom stereocenters. The van der Waals surface area contributed by atoms with Gasteiger partial charge >= 0.3 is 0 Å². The van der Waals surface area contributed by atoms with E-state index in [2.05, 4.69) is 15.6 Å². The third-order valence-corrected chi connectivity index (χ3v) is 4.20. The van der Waals surface area contributed by atoms with Gasteiger partial charge in [0.2, 0.25) is 0 Å². The van der Waals surface area contributed by atoms with Crippen molar-refractivity contribution in [1.29, 1.82) is 0 Å². The highest BCUT2D eigenvalue weighted by Gasteiger charge is 2.23. The monoisotopic (exact) mass is 354 g/mol. The van der Waals surface area contributed by atoms with Gasteiger partial charge in [0.15, 0.2) is 5.69 Å². The van der Waals surface area contributed by atoms with Gasteiger partial charge in [-0.1, -0.05) is 60.5 Å². The van der Waals surface area contributed by atoms with Gasteiger partial charge in [-0.3, -0.25) is 4.79 Å². The largest absolute Gasteiger partial charge is 0.319 e. The predicted molar refractivity (Wildman–Crippen MR) is 99.6 cm³/mol. The van der Waals surface area contributed by atoms with Gasteiger partial charge < -0.3 is 5.32 Å². The quantitative estimate of drug-likeness (QED) is 0.744. The molecule has 6 heteroatoms. The summed E-state index contributed by atoms with van der Waals surface area (Å²) in [6.45, 7) is 6.04. The SMILES string of the molecule is Cc1ccc(-n2nnc(C(=O)Nc3ccccc3Cl)c2C(C)C)cc1. The van der Waals surface area contributed by atoms with Gasteiger partial charge in [-0.2, -0.15) is 0 Å². The van der Waals surface area contributed by atoms with E-state index in [1.807, 2.05) is 57.2 Å². The van der Waals surface area contributed by atoms with Gasteiger partial charge in [0.05, 0.1) is 22.1 Å². The Morgan fingerprint density at radius 3 is 2.44 bits per heavy atom. The zero-order chi connectivity index (χ0) is 18.0. The Labute approximate surface area is 151 Å². The van der Waals surface area contributed by atoms with Crippen LogP contribution in [0, 0.1) is 6.92 Å². The van der Waals surface area contributed by atoms with Crippen LogP contribution in [0.1, 0.15) is 41.5 Å². The number of nitrogens with zero attached hydrogens (tertiary/aromatic N) is 3. The minimum Gasteiger partial charge on any atom is -0.319 e. The first-order chi connectivity index (χ1) is 12.0. The van der Waals surface area contributed by atoms with Gasteiger partial charge in [-0.25, -0.2) is 4.68 Å². The number of amides is 1. The van der Waals surface area contributed by atoms with Crippen LogP contribution < -0.4 is 5.32 Å².